The van der Waals surface area contributed by atoms with Crippen LogP contribution in [-0.2, 0) is 0 Å². The third-order valence-corrected chi connectivity index (χ3v) is 3.08. The second-order valence-corrected chi connectivity index (χ2v) is 4.86. The van der Waals surface area contributed by atoms with Crippen LogP contribution in [0.15, 0.2) is 36.4 Å². The molecule has 0 radical (unpaired) electrons. The van der Waals surface area contributed by atoms with Crippen molar-refractivity contribution in [1.29, 1.82) is 5.26 Å². The number of carbonyl (C=O) groups is 1. The number of hydrogen-bond donors (Lipinski definition) is 2. The van der Waals surface area contributed by atoms with Gasteiger partial charge in [-0.1, -0.05) is 23.2 Å². The Morgan fingerprint density at radius 1 is 1.15 bits per heavy atom. The van der Waals surface area contributed by atoms with Crippen LogP contribution in [0.4, 0.5) is 11.4 Å². The van der Waals surface area contributed by atoms with Gasteiger partial charge in [0.15, 0.2) is 0 Å². The zero-order valence-electron chi connectivity index (χ0n) is 10.2. The van der Waals surface area contributed by atoms with Gasteiger partial charge in [0, 0.05) is 15.7 Å². The third kappa shape index (κ3) is 3.02. The zero-order valence-corrected chi connectivity index (χ0v) is 11.7. The number of benzene rings is 2. The summed E-state index contributed by atoms with van der Waals surface area (Å²) in [6.45, 7) is 0. The number of halogens is 2. The number of nitrogens with two attached hydrogens (primary N) is 1. The number of nitrogen functional groups attached to an aromatic ring is 1. The number of hydrogen-bond acceptors (Lipinski definition) is 3. The van der Waals surface area contributed by atoms with E-state index in [9.17, 15) is 4.79 Å². The van der Waals surface area contributed by atoms with Gasteiger partial charge in [0.2, 0.25) is 0 Å². The standard InChI is InChI=1S/C14H9Cl2N3O/c15-9-3-4-12(18)11(5-9)14(20)19-13-6-10(16)2-1-8(13)7-17/h1-6H,18H2,(H,19,20). The van der Waals surface area contributed by atoms with E-state index in [0.29, 0.717) is 27.0 Å². The summed E-state index contributed by atoms with van der Waals surface area (Å²) < 4.78 is 0. The largest absolute Gasteiger partial charge is 0.398 e. The van der Waals surface area contributed by atoms with Crippen LogP contribution < -0.4 is 11.1 Å². The average Bonchev–Trinajstić information content (AvgIpc) is 2.41. The molecule has 2 aromatic rings. The predicted molar refractivity (Wildman–Crippen MR) is 80.0 cm³/mol. The van der Waals surface area contributed by atoms with Crippen molar-refractivity contribution in [3.8, 4) is 6.07 Å². The molecule has 0 bridgehead atoms. The summed E-state index contributed by atoms with van der Waals surface area (Å²) in [5.74, 6) is -0.455. The smallest absolute Gasteiger partial charge is 0.257 e. The molecule has 6 heteroatoms. The first-order valence-corrected chi connectivity index (χ1v) is 6.33. The van der Waals surface area contributed by atoms with Crippen molar-refractivity contribution in [2.75, 3.05) is 11.1 Å². The van der Waals surface area contributed by atoms with Crippen molar-refractivity contribution in [3.63, 3.8) is 0 Å². The molecule has 0 spiro atoms. The molecule has 0 saturated carbocycles. The highest BCUT2D eigenvalue weighted by atomic mass is 35.5. The molecule has 20 heavy (non-hydrogen) atoms. The molecule has 0 unspecified atom stereocenters. The first-order chi connectivity index (χ1) is 9.51. The fourth-order valence-corrected chi connectivity index (χ4v) is 1.98. The summed E-state index contributed by atoms with van der Waals surface area (Å²) >= 11 is 11.7. The van der Waals surface area contributed by atoms with Crippen molar-refractivity contribution < 1.29 is 4.79 Å². The maximum atomic E-state index is 12.2. The number of anilines is 2. The number of nitrogens with zero attached hydrogens (tertiary/aromatic N) is 1. The predicted octanol–water partition coefficient (Wildman–Crippen LogP) is 3.70. The van der Waals surface area contributed by atoms with E-state index in [0.717, 1.165) is 0 Å². The van der Waals surface area contributed by atoms with Gasteiger partial charge in [-0.25, -0.2) is 0 Å². The topological polar surface area (TPSA) is 78.9 Å². The Morgan fingerprint density at radius 3 is 2.50 bits per heavy atom. The zero-order chi connectivity index (χ0) is 14.7. The van der Waals surface area contributed by atoms with E-state index < -0.39 is 5.91 Å². The molecule has 100 valence electrons. The van der Waals surface area contributed by atoms with Crippen molar-refractivity contribution in [2.45, 2.75) is 0 Å². The summed E-state index contributed by atoms with van der Waals surface area (Å²) in [5, 5.41) is 12.4. The van der Waals surface area contributed by atoms with Gasteiger partial charge in [-0.15, -0.1) is 0 Å². The summed E-state index contributed by atoms with van der Waals surface area (Å²) in [6, 6.07) is 11.2. The molecule has 0 heterocycles. The lowest BCUT2D eigenvalue weighted by atomic mass is 10.1. The molecule has 4 nitrogen and oxygen atoms in total. The Labute approximate surface area is 125 Å². The normalized spacial score (nSPS) is 9.85. The second kappa shape index (κ2) is 5.83. The molecule has 2 rings (SSSR count). The van der Waals surface area contributed by atoms with Gasteiger partial charge < -0.3 is 11.1 Å². The quantitative estimate of drug-likeness (QED) is 0.830. The van der Waals surface area contributed by atoms with Crippen molar-refractivity contribution in [3.05, 3.63) is 57.6 Å². The Bertz CT molecular complexity index is 723. The number of nitrogens with one attached hydrogen (secondary N) is 1. The number of amides is 1. The molecule has 0 aliphatic carbocycles. The van der Waals surface area contributed by atoms with E-state index in [1.165, 1.54) is 18.2 Å². The van der Waals surface area contributed by atoms with Crippen LogP contribution in [0.5, 0.6) is 0 Å². The Morgan fingerprint density at radius 2 is 1.80 bits per heavy atom. The first-order valence-electron chi connectivity index (χ1n) is 5.57. The van der Waals surface area contributed by atoms with Crippen LogP contribution in [0.1, 0.15) is 15.9 Å². The van der Waals surface area contributed by atoms with Gasteiger partial charge >= 0.3 is 0 Å². The van der Waals surface area contributed by atoms with Crippen LogP contribution in [0, 0.1) is 11.3 Å². The highest BCUT2D eigenvalue weighted by Crippen LogP contribution is 2.23. The third-order valence-electron chi connectivity index (χ3n) is 2.61. The summed E-state index contributed by atoms with van der Waals surface area (Å²) in [4.78, 5) is 12.2. The Balaban J connectivity index is 2.35. The molecule has 0 saturated heterocycles. The Kier molecular flexibility index (Phi) is 4.14. The van der Waals surface area contributed by atoms with E-state index >= 15 is 0 Å². The molecule has 2 aromatic carbocycles. The molecule has 1 amide bonds. The van der Waals surface area contributed by atoms with Gasteiger partial charge in [0.25, 0.3) is 5.91 Å². The minimum absolute atomic E-state index is 0.237. The van der Waals surface area contributed by atoms with E-state index in [4.69, 9.17) is 34.2 Å². The van der Waals surface area contributed by atoms with Crippen LogP contribution >= 0.6 is 23.2 Å². The molecule has 0 aliphatic rings. The monoisotopic (exact) mass is 305 g/mol. The number of rotatable bonds is 2. The second-order valence-electron chi connectivity index (χ2n) is 3.99. The van der Waals surface area contributed by atoms with E-state index in [2.05, 4.69) is 5.32 Å². The minimum Gasteiger partial charge on any atom is -0.398 e. The van der Waals surface area contributed by atoms with E-state index in [1.54, 1.807) is 18.2 Å². The molecule has 3 N–H and O–H groups in total. The SMILES string of the molecule is N#Cc1ccc(Cl)cc1NC(=O)c1cc(Cl)ccc1N. The summed E-state index contributed by atoms with van der Waals surface area (Å²) in [7, 11) is 0. The van der Waals surface area contributed by atoms with Crippen molar-refractivity contribution in [2.24, 2.45) is 0 Å². The molecule has 0 fully saturated rings. The molecule has 0 aliphatic heterocycles. The van der Waals surface area contributed by atoms with Gasteiger partial charge in [-0.2, -0.15) is 5.26 Å². The van der Waals surface area contributed by atoms with Crippen LogP contribution in [0.25, 0.3) is 0 Å². The fourth-order valence-electron chi connectivity index (χ4n) is 1.63. The molecule has 0 atom stereocenters. The number of carbonyl (C=O) groups excluding carboxylic acids is 1. The fraction of sp³-hybridized carbons (Fsp3) is 0. The van der Waals surface area contributed by atoms with Crippen LogP contribution in [0.2, 0.25) is 10.0 Å². The minimum atomic E-state index is -0.455. The first kappa shape index (κ1) is 14.2. The summed E-state index contributed by atoms with van der Waals surface area (Å²) in [6.07, 6.45) is 0. The van der Waals surface area contributed by atoms with Gasteiger partial charge in [-0.05, 0) is 36.4 Å². The maximum Gasteiger partial charge on any atom is 0.257 e. The molecule has 0 aromatic heterocycles. The summed E-state index contributed by atoms with van der Waals surface area (Å²) in [5.41, 5.74) is 6.90. The van der Waals surface area contributed by atoms with Crippen molar-refractivity contribution >= 4 is 40.5 Å². The van der Waals surface area contributed by atoms with Crippen LogP contribution in [-0.4, -0.2) is 5.91 Å². The van der Waals surface area contributed by atoms with Gasteiger partial charge in [0.1, 0.15) is 6.07 Å². The van der Waals surface area contributed by atoms with E-state index in [1.807, 2.05) is 6.07 Å². The van der Waals surface area contributed by atoms with Gasteiger partial charge in [-0.3, -0.25) is 4.79 Å². The van der Waals surface area contributed by atoms with Gasteiger partial charge in [0.05, 0.1) is 16.8 Å². The lowest BCUT2D eigenvalue weighted by Gasteiger charge is -2.09. The average molecular weight is 306 g/mol. The number of nitriles is 1. The van der Waals surface area contributed by atoms with Crippen molar-refractivity contribution in [1.82, 2.24) is 0 Å². The van der Waals surface area contributed by atoms with Crippen LogP contribution in [0.3, 0.4) is 0 Å². The van der Waals surface area contributed by atoms with E-state index in [-0.39, 0.29) is 5.56 Å². The maximum absolute atomic E-state index is 12.2. The lowest BCUT2D eigenvalue weighted by Crippen LogP contribution is -2.14. The highest BCUT2D eigenvalue weighted by molar-refractivity contribution is 6.31. The molecular formula is C14H9Cl2N3O. The Hall–Kier alpha value is -2.22. The highest BCUT2D eigenvalue weighted by Gasteiger charge is 2.13. The lowest BCUT2D eigenvalue weighted by molar-refractivity contribution is 0.102. The molecular weight excluding hydrogens is 297 g/mol.